The number of hydrogen-bond donors (Lipinski definition) is 1. The number of halogens is 2. The Labute approximate surface area is 154 Å². The maximum atomic E-state index is 13.9. The van der Waals surface area contributed by atoms with Crippen LogP contribution in [-0.4, -0.2) is 59.1 Å². The van der Waals surface area contributed by atoms with E-state index in [2.05, 4.69) is 10.3 Å². The van der Waals surface area contributed by atoms with Gasteiger partial charge in [-0.25, -0.2) is 18.3 Å². The van der Waals surface area contributed by atoms with Gasteiger partial charge in [-0.2, -0.15) is 0 Å². The second-order valence-corrected chi connectivity index (χ2v) is 5.64. The number of aromatic nitrogens is 3. The highest BCUT2D eigenvalue weighted by Crippen LogP contribution is 2.21. The first-order chi connectivity index (χ1) is 13.0. The van der Waals surface area contributed by atoms with Crippen molar-refractivity contribution in [2.75, 3.05) is 33.0 Å². The molecule has 0 spiro atoms. The molecule has 1 N–H and O–H groups in total. The van der Waals surface area contributed by atoms with Gasteiger partial charge in [0.05, 0.1) is 45.3 Å². The molecule has 8 nitrogen and oxygen atoms in total. The third-order valence-corrected chi connectivity index (χ3v) is 3.59. The maximum absolute atomic E-state index is 13.9. The van der Waals surface area contributed by atoms with Gasteiger partial charge in [-0.3, -0.25) is 0 Å². The summed E-state index contributed by atoms with van der Waals surface area (Å²) in [6.45, 7) is 2.69. The SMILES string of the molecule is C[C@@H](c1ccc(F)cc1F)n1cc(COCCOCCOCC(=O)O)nn1. The fraction of sp³-hybridized carbons (Fsp3) is 0.471. The Balaban J connectivity index is 1.68. The molecule has 1 aromatic heterocycles. The van der Waals surface area contributed by atoms with Gasteiger partial charge in [0.2, 0.25) is 0 Å². The lowest BCUT2D eigenvalue weighted by atomic mass is 10.1. The number of carbonyl (C=O) groups is 1. The van der Waals surface area contributed by atoms with Gasteiger partial charge < -0.3 is 19.3 Å². The molecule has 0 bridgehead atoms. The van der Waals surface area contributed by atoms with Crippen molar-refractivity contribution in [3.05, 3.63) is 47.3 Å². The highest BCUT2D eigenvalue weighted by molar-refractivity contribution is 5.67. The minimum atomic E-state index is -1.03. The lowest BCUT2D eigenvalue weighted by molar-refractivity contribution is -0.142. The zero-order chi connectivity index (χ0) is 19.6. The van der Waals surface area contributed by atoms with Gasteiger partial charge in [0.1, 0.15) is 23.9 Å². The van der Waals surface area contributed by atoms with Crippen molar-refractivity contribution in [2.24, 2.45) is 0 Å². The molecule has 1 heterocycles. The van der Waals surface area contributed by atoms with Crippen molar-refractivity contribution in [1.29, 1.82) is 0 Å². The summed E-state index contributed by atoms with van der Waals surface area (Å²) in [5.74, 6) is -2.30. The van der Waals surface area contributed by atoms with Gasteiger partial charge in [0.15, 0.2) is 0 Å². The summed E-state index contributed by atoms with van der Waals surface area (Å²) in [5.41, 5.74) is 0.876. The molecule has 2 rings (SSSR count). The number of carboxylic acids is 1. The molecule has 0 saturated carbocycles. The number of ether oxygens (including phenoxy) is 3. The topological polar surface area (TPSA) is 95.7 Å². The standard InChI is InChI=1S/C17H21F2N3O5/c1-12(15-3-2-13(18)8-16(15)19)22-9-14(20-21-22)10-26-6-4-25-5-7-27-11-17(23)24/h2-3,8-9,12H,4-7,10-11H2,1H3,(H,23,24)/t12-/m0/s1. The summed E-state index contributed by atoms with van der Waals surface area (Å²) in [7, 11) is 0. The first-order valence-corrected chi connectivity index (χ1v) is 8.28. The van der Waals surface area contributed by atoms with Crippen molar-refractivity contribution >= 4 is 5.97 Å². The van der Waals surface area contributed by atoms with E-state index in [1.807, 2.05) is 0 Å². The number of benzene rings is 1. The van der Waals surface area contributed by atoms with Crippen LogP contribution in [0, 0.1) is 11.6 Å². The molecule has 0 amide bonds. The lowest BCUT2D eigenvalue weighted by Crippen LogP contribution is -2.13. The zero-order valence-corrected chi connectivity index (χ0v) is 14.8. The number of hydrogen-bond acceptors (Lipinski definition) is 6. The van der Waals surface area contributed by atoms with E-state index in [9.17, 15) is 13.6 Å². The van der Waals surface area contributed by atoms with Crippen molar-refractivity contribution < 1.29 is 32.9 Å². The highest BCUT2D eigenvalue weighted by Gasteiger charge is 2.15. The molecule has 27 heavy (non-hydrogen) atoms. The van der Waals surface area contributed by atoms with E-state index >= 15 is 0 Å². The van der Waals surface area contributed by atoms with Gasteiger partial charge in [-0.1, -0.05) is 11.3 Å². The third-order valence-electron chi connectivity index (χ3n) is 3.59. The maximum Gasteiger partial charge on any atom is 0.329 e. The van der Waals surface area contributed by atoms with Gasteiger partial charge in [0.25, 0.3) is 0 Å². The molecule has 0 unspecified atom stereocenters. The molecule has 0 aliphatic rings. The van der Waals surface area contributed by atoms with Crippen molar-refractivity contribution in [2.45, 2.75) is 19.6 Å². The largest absolute Gasteiger partial charge is 0.480 e. The normalized spacial score (nSPS) is 12.3. The van der Waals surface area contributed by atoms with Crippen LogP contribution in [0.1, 0.15) is 24.2 Å². The van der Waals surface area contributed by atoms with Crippen LogP contribution in [0.5, 0.6) is 0 Å². The Hall–Kier alpha value is -2.43. The number of nitrogens with zero attached hydrogens (tertiary/aromatic N) is 3. The summed E-state index contributed by atoms with van der Waals surface area (Å²) >= 11 is 0. The smallest absolute Gasteiger partial charge is 0.329 e. The minimum Gasteiger partial charge on any atom is -0.480 e. The Morgan fingerprint density at radius 1 is 1.19 bits per heavy atom. The van der Waals surface area contributed by atoms with E-state index in [-0.39, 0.29) is 26.4 Å². The van der Waals surface area contributed by atoms with Crippen LogP contribution in [0.15, 0.2) is 24.4 Å². The molecular formula is C17H21F2N3O5. The molecule has 1 aromatic carbocycles. The van der Waals surface area contributed by atoms with Crippen LogP contribution in [-0.2, 0) is 25.6 Å². The van der Waals surface area contributed by atoms with Gasteiger partial charge in [0, 0.05) is 11.6 Å². The van der Waals surface area contributed by atoms with Crippen LogP contribution in [0.3, 0.4) is 0 Å². The summed E-state index contributed by atoms with van der Waals surface area (Å²) in [4.78, 5) is 10.2. The van der Waals surface area contributed by atoms with Crippen molar-refractivity contribution in [1.82, 2.24) is 15.0 Å². The Bertz CT molecular complexity index is 741. The number of aliphatic carboxylic acids is 1. The van der Waals surface area contributed by atoms with Crippen LogP contribution < -0.4 is 0 Å². The van der Waals surface area contributed by atoms with E-state index in [1.54, 1.807) is 13.1 Å². The molecule has 0 aliphatic heterocycles. The molecule has 0 fully saturated rings. The second-order valence-electron chi connectivity index (χ2n) is 5.64. The second kappa shape index (κ2) is 10.7. The highest BCUT2D eigenvalue weighted by atomic mass is 19.1. The van der Waals surface area contributed by atoms with E-state index in [1.165, 1.54) is 16.8 Å². The van der Waals surface area contributed by atoms with E-state index in [4.69, 9.17) is 19.3 Å². The van der Waals surface area contributed by atoms with Crippen LogP contribution in [0.4, 0.5) is 8.78 Å². The zero-order valence-electron chi connectivity index (χ0n) is 14.8. The molecule has 10 heteroatoms. The summed E-state index contributed by atoms with van der Waals surface area (Å²) in [6.07, 6.45) is 1.63. The number of carboxylic acid groups (broad SMARTS) is 1. The number of rotatable bonds is 12. The van der Waals surface area contributed by atoms with Crippen molar-refractivity contribution in [3.63, 3.8) is 0 Å². The van der Waals surface area contributed by atoms with Crippen LogP contribution in [0.2, 0.25) is 0 Å². The molecule has 2 aromatic rings. The van der Waals surface area contributed by atoms with Crippen LogP contribution >= 0.6 is 0 Å². The first kappa shape index (κ1) is 20.9. The lowest BCUT2D eigenvalue weighted by Gasteiger charge is -2.12. The Kier molecular flexibility index (Phi) is 8.24. The van der Waals surface area contributed by atoms with Crippen LogP contribution in [0.25, 0.3) is 0 Å². The van der Waals surface area contributed by atoms with Gasteiger partial charge in [-0.05, 0) is 13.0 Å². The van der Waals surface area contributed by atoms with Crippen molar-refractivity contribution in [3.8, 4) is 0 Å². The predicted molar refractivity (Wildman–Crippen MR) is 89.1 cm³/mol. The van der Waals surface area contributed by atoms with E-state index in [0.29, 0.717) is 24.5 Å². The summed E-state index contributed by atoms with van der Waals surface area (Å²) in [6, 6.07) is 2.97. The molecule has 0 aliphatic carbocycles. The molecule has 0 radical (unpaired) electrons. The first-order valence-electron chi connectivity index (χ1n) is 8.28. The van der Waals surface area contributed by atoms with E-state index < -0.39 is 23.6 Å². The monoisotopic (exact) mass is 385 g/mol. The molecule has 148 valence electrons. The average Bonchev–Trinajstić information content (AvgIpc) is 3.08. The average molecular weight is 385 g/mol. The molecular weight excluding hydrogens is 364 g/mol. The van der Waals surface area contributed by atoms with Gasteiger partial charge >= 0.3 is 5.97 Å². The fourth-order valence-electron chi connectivity index (χ4n) is 2.23. The summed E-state index contributed by atoms with van der Waals surface area (Å²) < 4.78 is 43.8. The Morgan fingerprint density at radius 3 is 2.59 bits per heavy atom. The Morgan fingerprint density at radius 2 is 1.89 bits per heavy atom. The fourth-order valence-corrected chi connectivity index (χ4v) is 2.23. The molecule has 1 atom stereocenters. The van der Waals surface area contributed by atoms with Gasteiger partial charge in [-0.15, -0.1) is 5.10 Å². The predicted octanol–water partition coefficient (Wildman–Crippen LogP) is 1.80. The minimum absolute atomic E-state index is 0.193. The third kappa shape index (κ3) is 7.00. The van der Waals surface area contributed by atoms with E-state index in [0.717, 1.165) is 6.07 Å². The summed E-state index contributed by atoms with van der Waals surface area (Å²) in [5, 5.41) is 16.3. The molecule has 0 saturated heterocycles. The quantitative estimate of drug-likeness (QED) is 0.557.